The number of imidazole rings is 1. The molecule has 0 radical (unpaired) electrons. The van der Waals surface area contributed by atoms with Crippen LogP contribution in [0.1, 0.15) is 12.8 Å². The van der Waals surface area contributed by atoms with Gasteiger partial charge >= 0.3 is 0 Å². The smallest absolute Gasteiger partial charge is 0.231 e. The standard InChI is InChI=1S/C23H26N6O4S/c1-31-17-9-15(10-18(32-2)20(17)33-3)28-11-19(24-13-28)26-23-25-16-6-8-34-21(16)22(27-23)29-7-4-5-14(29)12-30/h6,8-11,13-14,30H,4-5,7,12H2,1-3H3,(H,25,26,27)/t14-/m1/s1. The van der Waals surface area contributed by atoms with Gasteiger partial charge in [-0.3, -0.25) is 0 Å². The Morgan fingerprint density at radius 3 is 2.65 bits per heavy atom. The van der Waals surface area contributed by atoms with Gasteiger partial charge in [-0.2, -0.15) is 4.98 Å². The van der Waals surface area contributed by atoms with Crippen LogP contribution in [0.25, 0.3) is 15.9 Å². The third kappa shape index (κ3) is 3.97. The highest BCUT2D eigenvalue weighted by Crippen LogP contribution is 2.39. The Kier molecular flexibility index (Phi) is 6.12. The molecule has 1 aliphatic heterocycles. The van der Waals surface area contributed by atoms with Gasteiger partial charge in [-0.05, 0) is 24.3 Å². The number of hydrogen-bond acceptors (Lipinski definition) is 10. The molecule has 1 fully saturated rings. The summed E-state index contributed by atoms with van der Waals surface area (Å²) >= 11 is 1.61. The first-order valence-corrected chi connectivity index (χ1v) is 11.8. The fourth-order valence-corrected chi connectivity index (χ4v) is 5.10. The average molecular weight is 483 g/mol. The van der Waals surface area contributed by atoms with E-state index < -0.39 is 0 Å². The van der Waals surface area contributed by atoms with Gasteiger partial charge in [0, 0.05) is 18.7 Å². The molecule has 34 heavy (non-hydrogen) atoms. The zero-order chi connectivity index (χ0) is 23.7. The Balaban J connectivity index is 1.46. The van der Waals surface area contributed by atoms with Crippen molar-refractivity contribution in [2.75, 3.05) is 44.7 Å². The Hall–Kier alpha value is -3.57. The van der Waals surface area contributed by atoms with Gasteiger partial charge in [-0.1, -0.05) is 0 Å². The minimum atomic E-state index is 0.0762. The van der Waals surface area contributed by atoms with Crippen molar-refractivity contribution < 1.29 is 19.3 Å². The van der Waals surface area contributed by atoms with E-state index in [1.165, 1.54) is 0 Å². The number of aromatic nitrogens is 4. The molecule has 4 aromatic rings. The lowest BCUT2D eigenvalue weighted by molar-refractivity contribution is 0.266. The Bertz CT molecular complexity index is 1280. The highest BCUT2D eigenvalue weighted by Gasteiger charge is 2.27. The van der Waals surface area contributed by atoms with Crippen molar-refractivity contribution in [3.63, 3.8) is 0 Å². The molecule has 0 bridgehead atoms. The largest absolute Gasteiger partial charge is 0.493 e. The van der Waals surface area contributed by atoms with Gasteiger partial charge in [0.2, 0.25) is 11.7 Å². The summed E-state index contributed by atoms with van der Waals surface area (Å²) in [5.41, 5.74) is 1.66. The van der Waals surface area contributed by atoms with Crippen LogP contribution < -0.4 is 24.4 Å². The van der Waals surface area contributed by atoms with Crippen LogP contribution in [-0.4, -0.2) is 65.1 Å². The Labute approximate surface area is 200 Å². The van der Waals surface area contributed by atoms with Crippen LogP contribution >= 0.6 is 11.3 Å². The lowest BCUT2D eigenvalue weighted by Crippen LogP contribution is -2.33. The molecular weight excluding hydrogens is 456 g/mol. The summed E-state index contributed by atoms with van der Waals surface area (Å²) in [5, 5.41) is 15.0. The zero-order valence-corrected chi connectivity index (χ0v) is 20.0. The monoisotopic (exact) mass is 482 g/mol. The van der Waals surface area contributed by atoms with E-state index in [1.807, 2.05) is 34.3 Å². The number of hydrogen-bond donors (Lipinski definition) is 2. The van der Waals surface area contributed by atoms with Crippen LogP contribution in [0.3, 0.4) is 0 Å². The first kappa shape index (κ1) is 22.2. The maximum atomic E-state index is 9.81. The van der Waals surface area contributed by atoms with Crippen LogP contribution in [0.5, 0.6) is 17.2 Å². The molecule has 1 aromatic carbocycles. The number of aliphatic hydroxyl groups excluding tert-OH is 1. The molecule has 5 rings (SSSR count). The summed E-state index contributed by atoms with van der Waals surface area (Å²) in [6, 6.07) is 5.75. The predicted molar refractivity (Wildman–Crippen MR) is 131 cm³/mol. The SMILES string of the molecule is COc1cc(-n2cnc(Nc3nc(N4CCC[C@@H]4CO)c4sccc4n3)c2)cc(OC)c1OC. The molecular formula is C23H26N6O4S. The van der Waals surface area contributed by atoms with Crippen molar-refractivity contribution in [1.82, 2.24) is 19.5 Å². The molecule has 0 aliphatic carbocycles. The van der Waals surface area contributed by atoms with E-state index in [4.69, 9.17) is 19.2 Å². The molecule has 1 atom stereocenters. The fraction of sp³-hybridized carbons (Fsp3) is 0.348. The average Bonchev–Trinajstić information content (AvgIpc) is 3.63. The predicted octanol–water partition coefficient (Wildman–Crippen LogP) is 3.61. The molecule has 1 aliphatic rings. The highest BCUT2D eigenvalue weighted by molar-refractivity contribution is 7.17. The van der Waals surface area contributed by atoms with Crippen LogP contribution in [0.15, 0.2) is 36.1 Å². The van der Waals surface area contributed by atoms with E-state index in [0.717, 1.165) is 41.1 Å². The number of aliphatic hydroxyl groups is 1. The summed E-state index contributed by atoms with van der Waals surface area (Å²) in [4.78, 5) is 16.1. The summed E-state index contributed by atoms with van der Waals surface area (Å²) < 4.78 is 19.2. The van der Waals surface area contributed by atoms with Gasteiger partial charge in [-0.15, -0.1) is 11.3 Å². The third-order valence-electron chi connectivity index (χ3n) is 5.92. The molecule has 4 heterocycles. The van der Waals surface area contributed by atoms with Crippen LogP contribution in [0, 0.1) is 0 Å². The zero-order valence-electron chi connectivity index (χ0n) is 19.2. The maximum absolute atomic E-state index is 9.81. The van der Waals surface area contributed by atoms with E-state index in [-0.39, 0.29) is 12.6 Å². The second-order valence-electron chi connectivity index (χ2n) is 7.85. The van der Waals surface area contributed by atoms with Gasteiger partial charge in [0.15, 0.2) is 23.1 Å². The van der Waals surface area contributed by atoms with Crippen molar-refractivity contribution in [3.8, 4) is 22.9 Å². The molecule has 3 aromatic heterocycles. The lowest BCUT2D eigenvalue weighted by atomic mass is 10.2. The molecule has 2 N–H and O–H groups in total. The number of ether oxygens (including phenoxy) is 3. The summed E-state index contributed by atoms with van der Waals surface area (Å²) in [7, 11) is 4.74. The number of thiophene rings is 1. The number of benzene rings is 1. The minimum absolute atomic E-state index is 0.0762. The highest BCUT2D eigenvalue weighted by atomic mass is 32.1. The van der Waals surface area contributed by atoms with Crippen molar-refractivity contribution in [1.29, 1.82) is 0 Å². The van der Waals surface area contributed by atoms with Crippen molar-refractivity contribution in [2.45, 2.75) is 18.9 Å². The second kappa shape index (κ2) is 9.35. The number of fused-ring (bicyclic) bond motifs is 1. The maximum Gasteiger partial charge on any atom is 0.231 e. The number of rotatable bonds is 8. The minimum Gasteiger partial charge on any atom is -0.493 e. The number of nitrogens with one attached hydrogen (secondary N) is 1. The van der Waals surface area contributed by atoms with Crippen LogP contribution in [0.4, 0.5) is 17.6 Å². The van der Waals surface area contributed by atoms with Gasteiger partial charge in [0.1, 0.15) is 6.33 Å². The quantitative estimate of drug-likeness (QED) is 0.389. The van der Waals surface area contributed by atoms with Crippen LogP contribution in [0.2, 0.25) is 0 Å². The van der Waals surface area contributed by atoms with E-state index >= 15 is 0 Å². The van der Waals surface area contributed by atoms with Gasteiger partial charge in [0.05, 0.1) is 56.1 Å². The molecule has 0 unspecified atom stereocenters. The normalized spacial score (nSPS) is 15.6. The third-order valence-corrected chi connectivity index (χ3v) is 6.82. The lowest BCUT2D eigenvalue weighted by Gasteiger charge is -2.24. The van der Waals surface area contributed by atoms with Crippen molar-refractivity contribution in [3.05, 3.63) is 36.1 Å². The number of anilines is 3. The summed E-state index contributed by atoms with van der Waals surface area (Å²) in [5.74, 6) is 3.54. The molecule has 0 amide bonds. The van der Waals surface area contributed by atoms with Crippen LogP contribution in [-0.2, 0) is 0 Å². The van der Waals surface area contributed by atoms with Gasteiger partial charge < -0.3 is 34.1 Å². The first-order chi connectivity index (χ1) is 16.6. The summed E-state index contributed by atoms with van der Waals surface area (Å²) in [6.45, 7) is 0.975. The van der Waals surface area contributed by atoms with Gasteiger partial charge in [0.25, 0.3) is 0 Å². The van der Waals surface area contributed by atoms with Gasteiger partial charge in [-0.25, -0.2) is 9.97 Å². The Morgan fingerprint density at radius 2 is 1.94 bits per heavy atom. The van der Waals surface area contributed by atoms with E-state index in [0.29, 0.717) is 29.0 Å². The van der Waals surface area contributed by atoms with Crippen molar-refractivity contribution >= 4 is 39.1 Å². The number of methoxy groups -OCH3 is 3. The molecule has 10 nitrogen and oxygen atoms in total. The Morgan fingerprint density at radius 1 is 1.15 bits per heavy atom. The van der Waals surface area contributed by atoms with E-state index in [1.54, 1.807) is 39.0 Å². The topological polar surface area (TPSA) is 107 Å². The van der Waals surface area contributed by atoms with Crippen molar-refractivity contribution in [2.24, 2.45) is 0 Å². The number of nitrogens with zero attached hydrogens (tertiary/aromatic N) is 5. The molecule has 0 spiro atoms. The molecule has 11 heteroatoms. The second-order valence-corrected chi connectivity index (χ2v) is 8.77. The molecule has 178 valence electrons. The fourth-order valence-electron chi connectivity index (χ4n) is 4.26. The molecule has 1 saturated heterocycles. The molecule has 0 saturated carbocycles. The first-order valence-electron chi connectivity index (χ1n) is 10.9. The van der Waals surface area contributed by atoms with E-state index in [9.17, 15) is 5.11 Å². The summed E-state index contributed by atoms with van der Waals surface area (Å²) in [6.07, 6.45) is 5.52. The van der Waals surface area contributed by atoms with E-state index in [2.05, 4.69) is 20.2 Å².